The number of allylic oxidation sites excluding steroid dienone is 4. The molecule has 0 saturated heterocycles. The van der Waals surface area contributed by atoms with Crippen LogP contribution in [0.3, 0.4) is 0 Å². The van der Waals surface area contributed by atoms with Crippen molar-refractivity contribution in [2.75, 3.05) is 0 Å². The average Bonchev–Trinajstić information content (AvgIpc) is 3.14. The lowest BCUT2D eigenvalue weighted by Gasteiger charge is -2.06. The number of nitrogens with zero attached hydrogens (tertiary/aromatic N) is 3. The maximum absolute atomic E-state index is 13.2. The van der Waals surface area contributed by atoms with E-state index in [1.54, 1.807) is 30.6 Å². The van der Waals surface area contributed by atoms with Crippen molar-refractivity contribution in [1.82, 2.24) is 20.2 Å². The fourth-order valence-electron chi connectivity index (χ4n) is 2.57. The molecule has 1 aliphatic carbocycles. The van der Waals surface area contributed by atoms with Crippen molar-refractivity contribution < 1.29 is 9.13 Å². The van der Waals surface area contributed by atoms with Gasteiger partial charge >= 0.3 is 6.01 Å². The molecule has 1 aromatic carbocycles. The Morgan fingerprint density at radius 2 is 2.00 bits per heavy atom. The van der Waals surface area contributed by atoms with Crippen LogP contribution in [0.1, 0.15) is 12.1 Å². The van der Waals surface area contributed by atoms with Gasteiger partial charge < -0.3 is 4.74 Å². The highest BCUT2D eigenvalue weighted by Crippen LogP contribution is 2.28. The summed E-state index contributed by atoms with van der Waals surface area (Å²) in [6.07, 6.45) is 7.90. The Hall–Kier alpha value is -3.28. The molecule has 0 amide bonds. The first-order chi connectivity index (χ1) is 12.3. The van der Waals surface area contributed by atoms with Crippen molar-refractivity contribution in [3.63, 3.8) is 0 Å². The van der Waals surface area contributed by atoms with Crippen LogP contribution in [-0.2, 0) is 0 Å². The summed E-state index contributed by atoms with van der Waals surface area (Å²) in [5, 5.41) is 7.34. The van der Waals surface area contributed by atoms with Crippen molar-refractivity contribution in [2.45, 2.75) is 12.6 Å². The molecule has 0 saturated carbocycles. The van der Waals surface area contributed by atoms with Crippen LogP contribution in [0.15, 0.2) is 67.0 Å². The number of hydrogen-bond donors (Lipinski definition) is 1. The van der Waals surface area contributed by atoms with Crippen LogP contribution in [-0.4, -0.2) is 26.3 Å². The number of halogens is 1. The van der Waals surface area contributed by atoms with Gasteiger partial charge in [-0.2, -0.15) is 5.10 Å². The summed E-state index contributed by atoms with van der Waals surface area (Å²) in [5.74, 6) is 0.636. The molecule has 6 heteroatoms. The summed E-state index contributed by atoms with van der Waals surface area (Å²) in [6, 6.07) is 11.5. The van der Waals surface area contributed by atoms with Crippen LogP contribution >= 0.6 is 0 Å². The highest BCUT2D eigenvalue weighted by molar-refractivity contribution is 5.75. The minimum atomic E-state index is -0.906. The first-order valence-corrected chi connectivity index (χ1v) is 7.91. The Morgan fingerprint density at radius 3 is 2.80 bits per heavy atom. The van der Waals surface area contributed by atoms with Crippen LogP contribution in [0.4, 0.5) is 4.39 Å². The zero-order valence-corrected chi connectivity index (χ0v) is 13.3. The van der Waals surface area contributed by atoms with E-state index in [4.69, 9.17) is 4.74 Å². The van der Waals surface area contributed by atoms with Crippen molar-refractivity contribution in [1.29, 1.82) is 0 Å². The third kappa shape index (κ3) is 3.47. The molecule has 1 unspecified atom stereocenters. The molecule has 0 aliphatic heterocycles. The third-order valence-electron chi connectivity index (χ3n) is 3.82. The quantitative estimate of drug-likeness (QED) is 0.771. The number of rotatable bonds is 4. The number of benzene rings is 1. The zero-order valence-electron chi connectivity index (χ0n) is 13.3. The largest absolute Gasteiger partial charge is 0.424 e. The second-order valence-electron chi connectivity index (χ2n) is 5.60. The lowest BCUT2D eigenvalue weighted by Crippen LogP contribution is -1.98. The number of H-pyrrole nitrogens is 1. The number of alkyl halides is 1. The van der Waals surface area contributed by atoms with E-state index in [-0.39, 0.29) is 0 Å². The summed E-state index contributed by atoms with van der Waals surface area (Å²) >= 11 is 0. The molecule has 4 rings (SSSR count). The second kappa shape index (κ2) is 6.68. The van der Waals surface area contributed by atoms with Gasteiger partial charge in [0.1, 0.15) is 11.9 Å². The van der Waals surface area contributed by atoms with E-state index in [9.17, 15) is 4.39 Å². The van der Waals surface area contributed by atoms with Gasteiger partial charge in [-0.15, -0.1) is 0 Å². The SMILES string of the molecule is FC1C=CC(c2cc(-c3cccc(Oc4ncccn4)c3)[nH]n2)=CC1. The van der Waals surface area contributed by atoms with Gasteiger partial charge in [-0.05, 0) is 35.9 Å². The molecule has 0 spiro atoms. The summed E-state index contributed by atoms with van der Waals surface area (Å²) in [4.78, 5) is 8.10. The van der Waals surface area contributed by atoms with Crippen molar-refractivity contribution in [2.24, 2.45) is 0 Å². The molecule has 1 aliphatic rings. The van der Waals surface area contributed by atoms with Gasteiger partial charge in [0.05, 0.1) is 11.4 Å². The number of hydrogen-bond acceptors (Lipinski definition) is 4. The summed E-state index contributed by atoms with van der Waals surface area (Å²) in [6.45, 7) is 0. The summed E-state index contributed by atoms with van der Waals surface area (Å²) < 4.78 is 18.8. The highest BCUT2D eigenvalue weighted by Gasteiger charge is 2.12. The van der Waals surface area contributed by atoms with Crippen molar-refractivity contribution in [3.05, 3.63) is 72.7 Å². The minimum absolute atomic E-state index is 0.295. The highest BCUT2D eigenvalue weighted by atomic mass is 19.1. The minimum Gasteiger partial charge on any atom is -0.424 e. The zero-order chi connectivity index (χ0) is 17.1. The van der Waals surface area contributed by atoms with Gasteiger partial charge in [0, 0.05) is 24.4 Å². The molecule has 5 nitrogen and oxygen atoms in total. The molecule has 0 radical (unpaired) electrons. The van der Waals surface area contributed by atoms with Gasteiger partial charge in [0.2, 0.25) is 0 Å². The van der Waals surface area contributed by atoms with Crippen LogP contribution in [0, 0.1) is 0 Å². The fourth-order valence-corrected chi connectivity index (χ4v) is 2.57. The van der Waals surface area contributed by atoms with E-state index >= 15 is 0 Å². The van der Waals surface area contributed by atoms with E-state index < -0.39 is 6.17 Å². The lowest BCUT2D eigenvalue weighted by atomic mass is 10.0. The Kier molecular flexibility index (Phi) is 4.08. The van der Waals surface area contributed by atoms with Crippen LogP contribution < -0.4 is 4.74 Å². The van der Waals surface area contributed by atoms with E-state index in [1.165, 1.54) is 0 Å². The van der Waals surface area contributed by atoms with Crippen molar-refractivity contribution in [3.8, 4) is 23.0 Å². The Balaban J connectivity index is 1.57. The predicted octanol–water partition coefficient (Wildman–Crippen LogP) is 4.34. The van der Waals surface area contributed by atoms with Gasteiger partial charge in [0.15, 0.2) is 0 Å². The number of aromatic amines is 1. The average molecular weight is 334 g/mol. The fraction of sp³-hybridized carbons (Fsp3) is 0.105. The monoisotopic (exact) mass is 334 g/mol. The molecule has 1 atom stereocenters. The molecule has 0 fully saturated rings. The van der Waals surface area contributed by atoms with E-state index in [0.717, 1.165) is 22.5 Å². The topological polar surface area (TPSA) is 63.7 Å². The molecule has 1 N–H and O–H groups in total. The molecule has 2 heterocycles. The molecule has 25 heavy (non-hydrogen) atoms. The summed E-state index contributed by atoms with van der Waals surface area (Å²) in [5.41, 5.74) is 3.49. The third-order valence-corrected chi connectivity index (χ3v) is 3.82. The first-order valence-electron chi connectivity index (χ1n) is 7.91. The molecule has 3 aromatic rings. The number of nitrogens with one attached hydrogen (secondary N) is 1. The maximum Gasteiger partial charge on any atom is 0.321 e. The second-order valence-corrected chi connectivity index (χ2v) is 5.60. The Bertz CT molecular complexity index is 933. The van der Waals surface area contributed by atoms with E-state index in [1.807, 2.05) is 36.4 Å². The Morgan fingerprint density at radius 1 is 1.12 bits per heavy atom. The maximum atomic E-state index is 13.2. The van der Waals surface area contributed by atoms with Crippen LogP contribution in [0.25, 0.3) is 16.8 Å². The Labute approximate surface area is 143 Å². The molecular weight excluding hydrogens is 319 g/mol. The normalized spacial score (nSPS) is 16.5. The molecule has 2 aromatic heterocycles. The number of aromatic nitrogens is 4. The van der Waals surface area contributed by atoms with Crippen LogP contribution in [0.2, 0.25) is 0 Å². The molecular formula is C19H15FN4O. The van der Waals surface area contributed by atoms with Crippen LogP contribution in [0.5, 0.6) is 11.8 Å². The predicted molar refractivity (Wildman–Crippen MR) is 92.8 cm³/mol. The van der Waals surface area contributed by atoms with Gasteiger partial charge in [-0.1, -0.05) is 24.3 Å². The van der Waals surface area contributed by atoms with Gasteiger partial charge in [-0.25, -0.2) is 14.4 Å². The number of ether oxygens (including phenoxy) is 1. The van der Waals surface area contributed by atoms with E-state index in [2.05, 4.69) is 20.2 Å². The standard InChI is InChI=1S/C19H15FN4O/c20-15-7-5-13(6-8-15)17-12-18(24-23-17)14-3-1-4-16(11-14)25-19-21-9-2-10-22-19/h1-7,9-12,15H,8H2,(H,23,24). The molecule has 0 bridgehead atoms. The van der Waals surface area contributed by atoms with Crippen molar-refractivity contribution >= 4 is 5.57 Å². The molecule has 124 valence electrons. The van der Waals surface area contributed by atoms with Gasteiger partial charge in [0.25, 0.3) is 0 Å². The van der Waals surface area contributed by atoms with E-state index in [0.29, 0.717) is 18.2 Å². The van der Waals surface area contributed by atoms with Gasteiger partial charge in [-0.3, -0.25) is 5.10 Å². The lowest BCUT2D eigenvalue weighted by molar-refractivity contribution is 0.402. The smallest absolute Gasteiger partial charge is 0.321 e. The summed E-state index contributed by atoms with van der Waals surface area (Å²) in [7, 11) is 0. The first kappa shape index (κ1) is 15.3.